The molecule has 1 N–H and O–H groups in total. The minimum Gasteiger partial charge on any atom is -0.382 e. The monoisotopic (exact) mass is 413 g/mol. The zero-order valence-electron chi connectivity index (χ0n) is 16.7. The minimum absolute atomic E-state index is 0.109. The van der Waals surface area contributed by atoms with Gasteiger partial charge in [0.05, 0.1) is 5.71 Å². The van der Waals surface area contributed by atoms with Crippen LogP contribution in [0.2, 0.25) is 0 Å². The van der Waals surface area contributed by atoms with Crippen LogP contribution in [0.1, 0.15) is 56.0 Å². The third kappa shape index (κ3) is 4.63. The topological polar surface area (TPSA) is 81.4 Å². The van der Waals surface area contributed by atoms with E-state index in [-0.39, 0.29) is 5.91 Å². The second-order valence-corrected chi connectivity index (χ2v) is 8.28. The first-order chi connectivity index (χ1) is 14.3. The van der Waals surface area contributed by atoms with Gasteiger partial charge in [0.1, 0.15) is 5.82 Å². The number of benzene rings is 1. The predicted molar refractivity (Wildman–Crippen MR) is 113 cm³/mol. The Balaban J connectivity index is 1.24. The van der Waals surface area contributed by atoms with Crippen LogP contribution in [0, 0.1) is 0 Å². The Morgan fingerprint density at radius 2 is 2.03 bits per heavy atom. The van der Waals surface area contributed by atoms with Gasteiger partial charge in [-0.1, -0.05) is 60.1 Å². The van der Waals surface area contributed by atoms with Crippen molar-refractivity contribution in [3.63, 3.8) is 0 Å². The molecule has 29 heavy (non-hydrogen) atoms. The van der Waals surface area contributed by atoms with Crippen LogP contribution < -0.4 is 5.32 Å². The molecule has 1 aliphatic heterocycles. The fourth-order valence-electron chi connectivity index (χ4n) is 4.04. The summed E-state index contributed by atoms with van der Waals surface area (Å²) in [5.74, 6) is 0.920. The van der Waals surface area contributed by atoms with Crippen LogP contribution >= 0.6 is 11.8 Å². The van der Waals surface area contributed by atoms with E-state index in [9.17, 15) is 4.79 Å². The molecule has 0 saturated heterocycles. The van der Waals surface area contributed by atoms with Gasteiger partial charge in [-0.05, 0) is 31.1 Å². The van der Waals surface area contributed by atoms with Crippen molar-refractivity contribution in [1.82, 2.24) is 20.1 Å². The normalized spacial score (nSPS) is 19.2. The third-order valence-electron chi connectivity index (χ3n) is 5.55. The van der Waals surface area contributed by atoms with Gasteiger partial charge in [0, 0.05) is 25.4 Å². The van der Waals surface area contributed by atoms with E-state index in [1.165, 1.54) is 25.7 Å². The molecule has 1 atom stereocenters. The van der Waals surface area contributed by atoms with Crippen LogP contribution in [0.3, 0.4) is 0 Å². The number of amides is 1. The number of rotatable bonds is 8. The first-order valence-corrected chi connectivity index (χ1v) is 11.5. The van der Waals surface area contributed by atoms with E-state index in [1.807, 2.05) is 36.6 Å². The Morgan fingerprint density at radius 1 is 1.24 bits per heavy atom. The number of carbonyl (C=O) groups is 1. The summed E-state index contributed by atoms with van der Waals surface area (Å²) in [7, 11) is 0. The Hall–Kier alpha value is -2.35. The first kappa shape index (κ1) is 19.9. The van der Waals surface area contributed by atoms with Crippen molar-refractivity contribution in [2.75, 3.05) is 12.8 Å². The molecular weight excluding hydrogens is 386 g/mol. The predicted octanol–water partition coefficient (Wildman–Crippen LogP) is 3.36. The van der Waals surface area contributed by atoms with Gasteiger partial charge in [-0.25, -0.2) is 0 Å². The summed E-state index contributed by atoms with van der Waals surface area (Å²) in [6.07, 6.45) is 8.61. The second kappa shape index (κ2) is 9.43. The minimum atomic E-state index is -0.546. The molecule has 2 aliphatic rings. The van der Waals surface area contributed by atoms with E-state index < -0.39 is 6.10 Å². The summed E-state index contributed by atoms with van der Waals surface area (Å²) in [5, 5.41) is 16.8. The Morgan fingerprint density at radius 3 is 2.79 bits per heavy atom. The molecule has 2 heterocycles. The molecular formula is C21H27N5O2S. The van der Waals surface area contributed by atoms with Crippen molar-refractivity contribution in [3.05, 3.63) is 41.7 Å². The smallest absolute Gasteiger partial charge is 0.264 e. The van der Waals surface area contributed by atoms with Gasteiger partial charge in [-0.3, -0.25) is 4.79 Å². The molecule has 1 saturated carbocycles. The second-order valence-electron chi connectivity index (χ2n) is 7.51. The maximum Gasteiger partial charge on any atom is 0.264 e. The molecule has 0 spiro atoms. The quantitative estimate of drug-likeness (QED) is 0.530. The van der Waals surface area contributed by atoms with Crippen LogP contribution in [-0.4, -0.2) is 45.3 Å². The van der Waals surface area contributed by atoms with Crippen LogP contribution in [-0.2, 0) is 16.1 Å². The lowest BCUT2D eigenvalue weighted by Gasteiger charge is -2.16. The van der Waals surface area contributed by atoms with E-state index in [0.717, 1.165) is 35.1 Å². The number of nitrogens with one attached hydrogen (secondary N) is 1. The standard InChI is InChI=1S/C21H27N5O2S/c1-29-21-24-23-19(26(21)16-10-5-6-11-16)12-7-13-22-20(27)18-14-17(25-28-18)15-8-3-2-4-9-15/h2-4,8-9,16,18H,5-7,10-14H2,1H3,(H,22,27)/t18-/m1/s1. The number of carbonyl (C=O) groups excluding carboxylic acids is 1. The molecule has 154 valence electrons. The van der Waals surface area contributed by atoms with Crippen molar-refractivity contribution in [3.8, 4) is 0 Å². The summed E-state index contributed by atoms with van der Waals surface area (Å²) in [4.78, 5) is 17.8. The number of oxime groups is 1. The maximum atomic E-state index is 12.4. The molecule has 0 radical (unpaired) electrons. The van der Waals surface area contributed by atoms with Crippen LogP contribution in [0.15, 0.2) is 40.6 Å². The van der Waals surface area contributed by atoms with Crippen molar-refractivity contribution in [2.45, 2.75) is 62.2 Å². The fourth-order valence-corrected chi connectivity index (χ4v) is 4.61. The highest BCUT2D eigenvalue weighted by atomic mass is 32.2. The number of thioether (sulfide) groups is 1. The van der Waals surface area contributed by atoms with Crippen LogP contribution in [0.25, 0.3) is 0 Å². The number of hydrogen-bond donors (Lipinski definition) is 1. The van der Waals surface area contributed by atoms with Gasteiger partial charge in [-0.15, -0.1) is 10.2 Å². The Labute approximate surface area is 175 Å². The van der Waals surface area contributed by atoms with E-state index >= 15 is 0 Å². The molecule has 1 fully saturated rings. The molecule has 1 aromatic heterocycles. The highest BCUT2D eigenvalue weighted by Crippen LogP contribution is 2.33. The van der Waals surface area contributed by atoms with Gasteiger partial charge in [0.2, 0.25) is 6.10 Å². The van der Waals surface area contributed by atoms with E-state index in [4.69, 9.17) is 4.84 Å². The summed E-state index contributed by atoms with van der Waals surface area (Å²) in [5.41, 5.74) is 1.82. The van der Waals surface area contributed by atoms with Crippen LogP contribution in [0.5, 0.6) is 0 Å². The van der Waals surface area contributed by atoms with Crippen molar-refractivity contribution < 1.29 is 9.63 Å². The molecule has 8 heteroatoms. The van der Waals surface area contributed by atoms with Crippen molar-refractivity contribution >= 4 is 23.4 Å². The lowest BCUT2D eigenvalue weighted by atomic mass is 10.0. The van der Waals surface area contributed by atoms with Gasteiger partial charge in [0.15, 0.2) is 5.16 Å². The number of aryl methyl sites for hydroxylation is 1. The van der Waals surface area contributed by atoms with Crippen molar-refractivity contribution in [1.29, 1.82) is 0 Å². The molecule has 2 aromatic rings. The number of hydrogen-bond acceptors (Lipinski definition) is 6. The molecule has 0 bridgehead atoms. The molecule has 0 unspecified atom stereocenters. The summed E-state index contributed by atoms with van der Waals surface area (Å²) in [6, 6.07) is 10.4. The first-order valence-electron chi connectivity index (χ1n) is 10.3. The van der Waals surface area contributed by atoms with E-state index in [1.54, 1.807) is 11.8 Å². The zero-order chi connectivity index (χ0) is 20.1. The molecule has 4 rings (SSSR count). The largest absolute Gasteiger partial charge is 0.382 e. The van der Waals surface area contributed by atoms with Gasteiger partial charge >= 0.3 is 0 Å². The molecule has 7 nitrogen and oxygen atoms in total. The number of nitrogens with zero attached hydrogens (tertiary/aromatic N) is 4. The zero-order valence-corrected chi connectivity index (χ0v) is 17.5. The summed E-state index contributed by atoms with van der Waals surface area (Å²) < 4.78 is 2.32. The molecule has 1 aliphatic carbocycles. The highest BCUT2D eigenvalue weighted by molar-refractivity contribution is 7.98. The molecule has 1 aromatic carbocycles. The Bertz CT molecular complexity index is 861. The lowest BCUT2D eigenvalue weighted by Crippen LogP contribution is -2.35. The Kier molecular flexibility index (Phi) is 6.49. The lowest BCUT2D eigenvalue weighted by molar-refractivity contribution is -0.131. The number of aromatic nitrogens is 3. The van der Waals surface area contributed by atoms with E-state index in [0.29, 0.717) is 19.0 Å². The molecule has 1 amide bonds. The highest BCUT2D eigenvalue weighted by Gasteiger charge is 2.28. The fraction of sp³-hybridized carbons (Fsp3) is 0.524. The van der Waals surface area contributed by atoms with Gasteiger partial charge in [-0.2, -0.15) is 0 Å². The van der Waals surface area contributed by atoms with Crippen LogP contribution in [0.4, 0.5) is 0 Å². The van der Waals surface area contributed by atoms with E-state index in [2.05, 4.69) is 25.2 Å². The van der Waals surface area contributed by atoms with Gasteiger partial charge < -0.3 is 14.7 Å². The summed E-state index contributed by atoms with van der Waals surface area (Å²) >= 11 is 1.65. The maximum absolute atomic E-state index is 12.4. The van der Waals surface area contributed by atoms with Crippen molar-refractivity contribution in [2.24, 2.45) is 5.16 Å². The SMILES string of the molecule is CSc1nnc(CCCNC(=O)[C@H]2CC(c3ccccc3)=NO2)n1C1CCCC1. The van der Waals surface area contributed by atoms with Gasteiger partial charge in [0.25, 0.3) is 5.91 Å². The third-order valence-corrected chi connectivity index (χ3v) is 6.20. The average molecular weight is 414 g/mol. The average Bonchev–Trinajstić information content (AvgIpc) is 3.51. The summed E-state index contributed by atoms with van der Waals surface area (Å²) in [6.45, 7) is 0.589.